The number of alkyl halides is 1. The Morgan fingerprint density at radius 2 is 2.14 bits per heavy atom. The highest BCUT2D eigenvalue weighted by atomic mass is 35.5. The molecule has 0 aliphatic rings. The molecule has 112 valence electrons. The number of alkyl carbamates (subject to hydrolysis) is 1. The van der Waals surface area contributed by atoms with E-state index in [2.05, 4.69) is 15.5 Å². The predicted octanol–water partition coefficient (Wildman–Crippen LogP) is 3.31. The minimum absolute atomic E-state index is 0.139. The monoisotopic (exact) mass is 325 g/mol. The normalized spacial score (nSPS) is 11.9. The lowest BCUT2D eigenvalue weighted by molar-refractivity contribution is 0.140. The van der Waals surface area contributed by atoms with Crippen LogP contribution >= 0.6 is 22.9 Å². The molecule has 21 heavy (non-hydrogen) atoms. The summed E-state index contributed by atoms with van der Waals surface area (Å²) in [5, 5.41) is 12.2. The zero-order valence-corrected chi connectivity index (χ0v) is 13.2. The maximum atomic E-state index is 11.5. The first-order valence-electron chi connectivity index (χ1n) is 6.56. The molecule has 0 radical (unpaired) electrons. The molecular weight excluding hydrogens is 310 g/mol. The summed E-state index contributed by atoms with van der Waals surface area (Å²) >= 11 is 7.38. The van der Waals surface area contributed by atoms with E-state index in [0.717, 1.165) is 15.6 Å². The van der Waals surface area contributed by atoms with Gasteiger partial charge in [0.1, 0.15) is 16.6 Å². The zero-order valence-electron chi connectivity index (χ0n) is 11.6. The molecule has 7 heteroatoms. The summed E-state index contributed by atoms with van der Waals surface area (Å²) < 4.78 is 5.11. The molecule has 1 unspecified atom stereocenters. The van der Waals surface area contributed by atoms with Gasteiger partial charge in [-0.1, -0.05) is 41.7 Å². The van der Waals surface area contributed by atoms with Crippen molar-refractivity contribution >= 4 is 29.0 Å². The van der Waals surface area contributed by atoms with Gasteiger partial charge in [0.05, 0.1) is 5.38 Å². The molecule has 1 atom stereocenters. The molecule has 1 amide bonds. The standard InChI is InChI=1S/C14H16ClN3O2S/c1-10(15)13-18-17-12(21-13)7-8-16-14(19)20-9-11-5-3-2-4-6-11/h2-6,10H,7-9H2,1H3,(H,16,19). The van der Waals surface area contributed by atoms with Crippen molar-refractivity contribution in [1.82, 2.24) is 15.5 Å². The molecule has 0 spiro atoms. The molecule has 1 aromatic heterocycles. The molecule has 5 nitrogen and oxygen atoms in total. The van der Waals surface area contributed by atoms with Gasteiger partial charge in [-0.15, -0.1) is 21.8 Å². The van der Waals surface area contributed by atoms with Gasteiger partial charge in [-0.2, -0.15) is 0 Å². The molecule has 0 aliphatic carbocycles. The Hall–Kier alpha value is -1.66. The van der Waals surface area contributed by atoms with Crippen molar-refractivity contribution in [2.75, 3.05) is 6.54 Å². The van der Waals surface area contributed by atoms with Crippen LogP contribution in [0.2, 0.25) is 0 Å². The summed E-state index contributed by atoms with van der Waals surface area (Å²) in [7, 11) is 0. The Bertz CT molecular complexity index is 575. The summed E-state index contributed by atoms with van der Waals surface area (Å²) in [4.78, 5) is 11.5. The molecule has 1 aromatic carbocycles. The minimum atomic E-state index is -0.436. The van der Waals surface area contributed by atoms with Gasteiger partial charge < -0.3 is 10.1 Å². The third-order valence-electron chi connectivity index (χ3n) is 2.64. The highest BCUT2D eigenvalue weighted by molar-refractivity contribution is 7.11. The van der Waals surface area contributed by atoms with E-state index in [9.17, 15) is 4.79 Å². The number of amides is 1. The van der Waals surface area contributed by atoms with Gasteiger partial charge in [0.25, 0.3) is 0 Å². The first-order valence-corrected chi connectivity index (χ1v) is 7.81. The largest absolute Gasteiger partial charge is 0.445 e. The average Bonchev–Trinajstić information content (AvgIpc) is 2.95. The van der Waals surface area contributed by atoms with Crippen LogP contribution in [0.1, 0.15) is 27.9 Å². The molecule has 2 aromatic rings. The molecule has 0 saturated carbocycles. The molecule has 2 rings (SSSR count). The molecule has 0 saturated heterocycles. The van der Waals surface area contributed by atoms with Crippen molar-refractivity contribution in [3.05, 3.63) is 45.9 Å². The number of nitrogens with zero attached hydrogens (tertiary/aromatic N) is 2. The number of rotatable bonds is 6. The number of hydrogen-bond donors (Lipinski definition) is 1. The number of nitrogens with one attached hydrogen (secondary N) is 1. The summed E-state index contributed by atoms with van der Waals surface area (Å²) in [5.41, 5.74) is 0.956. The van der Waals surface area contributed by atoms with Crippen LogP contribution < -0.4 is 5.32 Å². The fourth-order valence-electron chi connectivity index (χ4n) is 1.57. The first-order chi connectivity index (χ1) is 10.1. The van der Waals surface area contributed by atoms with Crippen molar-refractivity contribution in [3.63, 3.8) is 0 Å². The molecule has 0 aliphatic heterocycles. The van der Waals surface area contributed by atoms with E-state index in [1.54, 1.807) is 0 Å². The van der Waals surface area contributed by atoms with E-state index in [-0.39, 0.29) is 12.0 Å². The van der Waals surface area contributed by atoms with Crippen LogP contribution in [0.5, 0.6) is 0 Å². The molecule has 0 bridgehead atoms. The van der Waals surface area contributed by atoms with Crippen molar-refractivity contribution in [2.45, 2.75) is 25.3 Å². The van der Waals surface area contributed by atoms with Crippen molar-refractivity contribution in [3.8, 4) is 0 Å². The lowest BCUT2D eigenvalue weighted by atomic mass is 10.2. The van der Waals surface area contributed by atoms with Gasteiger partial charge >= 0.3 is 6.09 Å². The van der Waals surface area contributed by atoms with E-state index in [1.165, 1.54) is 11.3 Å². The Labute approximate surface area is 132 Å². The van der Waals surface area contributed by atoms with Gasteiger partial charge in [-0.3, -0.25) is 0 Å². The second-order valence-corrected chi connectivity index (χ2v) is 6.14. The Kier molecular flexibility index (Phi) is 5.95. The zero-order chi connectivity index (χ0) is 15.1. The lowest BCUT2D eigenvalue weighted by Crippen LogP contribution is -2.26. The van der Waals surface area contributed by atoms with Crippen LogP contribution in [0, 0.1) is 0 Å². The number of aromatic nitrogens is 2. The lowest BCUT2D eigenvalue weighted by Gasteiger charge is -2.06. The van der Waals surface area contributed by atoms with E-state index in [0.29, 0.717) is 13.0 Å². The summed E-state index contributed by atoms with van der Waals surface area (Å²) in [5.74, 6) is 0. The molecular formula is C14H16ClN3O2S. The highest BCUT2D eigenvalue weighted by Crippen LogP contribution is 2.22. The number of halogens is 1. The highest BCUT2D eigenvalue weighted by Gasteiger charge is 2.09. The Morgan fingerprint density at radius 1 is 1.38 bits per heavy atom. The summed E-state index contributed by atoms with van der Waals surface area (Å²) in [6, 6.07) is 9.54. The predicted molar refractivity (Wildman–Crippen MR) is 82.5 cm³/mol. The van der Waals surface area contributed by atoms with Gasteiger partial charge in [-0.25, -0.2) is 4.79 Å². The van der Waals surface area contributed by atoms with Gasteiger partial charge in [0.15, 0.2) is 0 Å². The number of carbonyl (C=O) groups excluding carboxylic acids is 1. The van der Waals surface area contributed by atoms with Crippen LogP contribution in [0.15, 0.2) is 30.3 Å². The Balaban J connectivity index is 1.67. The van der Waals surface area contributed by atoms with Crippen molar-refractivity contribution in [1.29, 1.82) is 0 Å². The number of ether oxygens (including phenoxy) is 1. The van der Waals surface area contributed by atoms with Crippen LogP contribution in [0.3, 0.4) is 0 Å². The van der Waals surface area contributed by atoms with Crippen LogP contribution in [0.4, 0.5) is 4.79 Å². The van der Waals surface area contributed by atoms with E-state index < -0.39 is 6.09 Å². The van der Waals surface area contributed by atoms with Gasteiger partial charge in [0, 0.05) is 13.0 Å². The SMILES string of the molecule is CC(Cl)c1nnc(CCNC(=O)OCc2ccccc2)s1. The molecule has 0 fully saturated rings. The average molecular weight is 326 g/mol. The Morgan fingerprint density at radius 3 is 2.81 bits per heavy atom. The van der Waals surface area contributed by atoms with Crippen LogP contribution in [-0.2, 0) is 17.8 Å². The maximum absolute atomic E-state index is 11.5. The third-order valence-corrected chi connectivity index (χ3v) is 4.15. The summed E-state index contributed by atoms with van der Waals surface area (Å²) in [6.45, 7) is 2.57. The second kappa shape index (κ2) is 7.95. The van der Waals surface area contributed by atoms with E-state index in [1.807, 2.05) is 37.3 Å². The third kappa shape index (κ3) is 5.32. The second-order valence-electron chi connectivity index (χ2n) is 4.39. The minimum Gasteiger partial charge on any atom is -0.445 e. The number of carbonyl (C=O) groups is 1. The van der Waals surface area contributed by atoms with Gasteiger partial charge in [0.2, 0.25) is 0 Å². The summed E-state index contributed by atoms with van der Waals surface area (Å²) in [6.07, 6.45) is 0.177. The number of benzene rings is 1. The van der Waals surface area contributed by atoms with Gasteiger partial charge in [-0.05, 0) is 12.5 Å². The molecule has 1 heterocycles. The van der Waals surface area contributed by atoms with Crippen LogP contribution in [-0.4, -0.2) is 22.8 Å². The van der Waals surface area contributed by atoms with E-state index >= 15 is 0 Å². The topological polar surface area (TPSA) is 64.1 Å². The quantitative estimate of drug-likeness (QED) is 0.828. The smallest absolute Gasteiger partial charge is 0.407 e. The first kappa shape index (κ1) is 15.7. The fourth-order valence-corrected chi connectivity index (χ4v) is 2.52. The fraction of sp³-hybridized carbons (Fsp3) is 0.357. The van der Waals surface area contributed by atoms with Crippen molar-refractivity contribution < 1.29 is 9.53 Å². The van der Waals surface area contributed by atoms with Crippen molar-refractivity contribution in [2.24, 2.45) is 0 Å². The maximum Gasteiger partial charge on any atom is 0.407 e. The van der Waals surface area contributed by atoms with E-state index in [4.69, 9.17) is 16.3 Å². The number of hydrogen-bond acceptors (Lipinski definition) is 5. The molecule has 1 N–H and O–H groups in total. The van der Waals surface area contributed by atoms with Crippen LogP contribution in [0.25, 0.3) is 0 Å².